The van der Waals surface area contributed by atoms with E-state index < -0.39 is 5.97 Å². The van der Waals surface area contributed by atoms with Crippen LogP contribution in [-0.2, 0) is 9.53 Å². The van der Waals surface area contributed by atoms with Gasteiger partial charge in [0.1, 0.15) is 11.5 Å². The first-order valence-corrected chi connectivity index (χ1v) is 9.18. The van der Waals surface area contributed by atoms with Crippen LogP contribution in [0.5, 0.6) is 11.5 Å². The molecule has 0 aliphatic heterocycles. The van der Waals surface area contributed by atoms with Crippen LogP contribution in [0.4, 0.5) is 0 Å². The highest BCUT2D eigenvalue weighted by Gasteiger charge is 2.21. The lowest BCUT2D eigenvalue weighted by atomic mass is 9.82. The van der Waals surface area contributed by atoms with Crippen molar-refractivity contribution in [1.29, 1.82) is 0 Å². The Hall–Kier alpha value is -2.77. The summed E-state index contributed by atoms with van der Waals surface area (Å²) < 4.78 is 15.7. The Morgan fingerprint density at radius 2 is 1.52 bits per heavy atom. The molecule has 1 aliphatic carbocycles. The number of methoxy groups -OCH3 is 2. The van der Waals surface area contributed by atoms with Crippen molar-refractivity contribution in [2.24, 2.45) is 0 Å². The predicted octanol–water partition coefficient (Wildman–Crippen LogP) is 4.32. The van der Waals surface area contributed by atoms with Gasteiger partial charge in [0, 0.05) is 18.6 Å². The van der Waals surface area contributed by atoms with Crippen LogP contribution in [0.1, 0.15) is 42.7 Å². The summed E-state index contributed by atoms with van der Waals surface area (Å²) in [4.78, 5) is 11.9. The number of hydrogen-bond donors (Lipinski definition) is 0. The molecule has 1 saturated carbocycles. The van der Waals surface area contributed by atoms with E-state index in [9.17, 15) is 4.79 Å². The number of benzene rings is 2. The zero-order valence-corrected chi connectivity index (χ0v) is 15.7. The Bertz CT molecular complexity index is 804. The van der Waals surface area contributed by atoms with Crippen LogP contribution in [-0.4, -0.2) is 26.3 Å². The van der Waals surface area contributed by atoms with E-state index >= 15 is 0 Å². The van der Waals surface area contributed by atoms with E-state index in [1.807, 2.05) is 12.1 Å². The summed E-state index contributed by atoms with van der Waals surface area (Å²) >= 11 is 0. The lowest BCUT2D eigenvalue weighted by Crippen LogP contribution is -2.19. The molecule has 0 radical (unpaired) electrons. The Labute approximate surface area is 160 Å². The van der Waals surface area contributed by atoms with Crippen molar-refractivity contribution in [2.75, 3.05) is 14.2 Å². The van der Waals surface area contributed by atoms with Gasteiger partial charge in [-0.3, -0.25) is 0 Å². The monoisotopic (exact) mass is 364 g/mol. The van der Waals surface area contributed by atoms with Crippen molar-refractivity contribution in [2.45, 2.75) is 37.7 Å². The lowest BCUT2D eigenvalue weighted by Gasteiger charge is -2.27. The highest BCUT2D eigenvalue weighted by molar-refractivity contribution is 5.90. The van der Waals surface area contributed by atoms with Gasteiger partial charge >= 0.3 is 5.97 Å². The second-order valence-corrected chi connectivity index (χ2v) is 6.65. The summed E-state index contributed by atoms with van der Waals surface area (Å²) in [6.07, 6.45) is 4.93. The van der Waals surface area contributed by atoms with E-state index in [1.165, 1.54) is 5.56 Å². The molecule has 1 aliphatic rings. The fourth-order valence-corrected chi connectivity index (χ4v) is 3.37. The molecule has 0 unspecified atom stereocenters. The van der Waals surface area contributed by atoms with Gasteiger partial charge in [0.2, 0.25) is 0 Å². The number of hydrogen-bond acceptors (Lipinski definition) is 4. The van der Waals surface area contributed by atoms with E-state index in [0.717, 1.165) is 31.2 Å². The maximum Gasteiger partial charge on any atom is 0.390 e. The third kappa shape index (κ3) is 5.35. The van der Waals surface area contributed by atoms with Crippen molar-refractivity contribution in [1.82, 2.24) is 0 Å². The van der Waals surface area contributed by atoms with Crippen LogP contribution >= 0.6 is 0 Å². The molecule has 0 atom stereocenters. The molecule has 0 aromatic heterocycles. The molecule has 2 aromatic rings. The van der Waals surface area contributed by atoms with Crippen molar-refractivity contribution < 1.29 is 19.0 Å². The molecule has 140 valence electrons. The summed E-state index contributed by atoms with van der Waals surface area (Å²) in [6, 6.07) is 14.9. The molecule has 0 N–H and O–H groups in total. The van der Waals surface area contributed by atoms with E-state index in [4.69, 9.17) is 14.2 Å². The number of carbonyl (C=O) groups excluding carboxylic acids is 1. The summed E-state index contributed by atoms with van der Waals surface area (Å²) in [5.41, 5.74) is 2.13. The molecule has 3 rings (SSSR count). The molecule has 0 heterocycles. The van der Waals surface area contributed by atoms with Gasteiger partial charge in [0.25, 0.3) is 0 Å². The smallest absolute Gasteiger partial charge is 0.390 e. The number of carbonyl (C=O) groups is 1. The molecular weight excluding hydrogens is 340 g/mol. The Morgan fingerprint density at radius 1 is 0.889 bits per heavy atom. The first-order valence-electron chi connectivity index (χ1n) is 9.18. The third-order valence-electron chi connectivity index (χ3n) is 4.97. The zero-order valence-electron chi connectivity index (χ0n) is 15.7. The maximum absolute atomic E-state index is 11.9. The topological polar surface area (TPSA) is 44.8 Å². The van der Waals surface area contributed by atoms with Gasteiger partial charge in [-0.1, -0.05) is 18.1 Å². The highest BCUT2D eigenvalue weighted by atomic mass is 16.5. The molecule has 0 saturated heterocycles. The summed E-state index contributed by atoms with van der Waals surface area (Å²) in [7, 11) is 3.38. The average Bonchev–Trinajstić information content (AvgIpc) is 2.73. The quantitative estimate of drug-likeness (QED) is 0.460. The largest absolute Gasteiger partial charge is 0.497 e. The molecule has 4 heteroatoms. The Morgan fingerprint density at radius 3 is 2.11 bits per heavy atom. The number of rotatable bonds is 4. The molecule has 27 heavy (non-hydrogen) atoms. The van der Waals surface area contributed by atoms with Crippen molar-refractivity contribution in [3.63, 3.8) is 0 Å². The molecule has 1 fully saturated rings. The zero-order chi connectivity index (χ0) is 19.1. The van der Waals surface area contributed by atoms with E-state index in [0.29, 0.717) is 23.5 Å². The van der Waals surface area contributed by atoms with Gasteiger partial charge < -0.3 is 14.2 Å². The number of ether oxygens (including phenoxy) is 3. The van der Waals surface area contributed by atoms with E-state index in [1.54, 1.807) is 38.5 Å². The van der Waals surface area contributed by atoms with Crippen LogP contribution in [0.2, 0.25) is 0 Å². The lowest BCUT2D eigenvalue weighted by molar-refractivity contribution is -0.128. The van der Waals surface area contributed by atoms with Gasteiger partial charge in [-0.2, -0.15) is 0 Å². The van der Waals surface area contributed by atoms with E-state index in [2.05, 4.69) is 24.0 Å². The highest BCUT2D eigenvalue weighted by Crippen LogP contribution is 2.33. The minimum atomic E-state index is -0.581. The summed E-state index contributed by atoms with van der Waals surface area (Å²) in [5, 5.41) is 0. The van der Waals surface area contributed by atoms with Crippen LogP contribution in [0.3, 0.4) is 0 Å². The number of esters is 1. The first-order chi connectivity index (χ1) is 13.2. The van der Waals surface area contributed by atoms with Crippen molar-refractivity contribution >= 4 is 5.97 Å². The van der Waals surface area contributed by atoms with E-state index in [-0.39, 0.29) is 0 Å². The summed E-state index contributed by atoms with van der Waals surface area (Å²) in [6.45, 7) is 0. The fraction of sp³-hybridized carbons (Fsp3) is 0.348. The van der Waals surface area contributed by atoms with Crippen molar-refractivity contribution in [3.8, 4) is 23.3 Å². The minimum Gasteiger partial charge on any atom is -0.497 e. The molecule has 0 spiro atoms. The summed E-state index contributed by atoms with van der Waals surface area (Å²) in [5.74, 6) is 6.54. The predicted molar refractivity (Wildman–Crippen MR) is 104 cm³/mol. The normalized spacial score (nSPS) is 18.9. The van der Waals surface area contributed by atoms with Gasteiger partial charge in [0.05, 0.1) is 13.2 Å². The van der Waals surface area contributed by atoms with Gasteiger partial charge in [-0.25, -0.2) is 4.79 Å². The molecule has 4 nitrogen and oxygen atoms in total. The van der Waals surface area contributed by atoms with Gasteiger partial charge in [0.15, 0.2) is 0 Å². The Balaban J connectivity index is 1.55. The van der Waals surface area contributed by atoms with Crippen molar-refractivity contribution in [3.05, 3.63) is 59.7 Å². The fourth-order valence-electron chi connectivity index (χ4n) is 3.37. The third-order valence-corrected chi connectivity index (χ3v) is 4.97. The van der Waals surface area contributed by atoms with Crippen LogP contribution < -0.4 is 9.47 Å². The standard InChI is InChI=1S/C23H24O4/c1-25-20-10-8-19(9-11-20)18-6-3-17(4-7-18)5-16-23(24)27-22-14-12-21(26-2)13-15-22/h3-4,6-7,12-15,19-20H,8-11H2,1-2H3. The van der Waals surface area contributed by atoms with Crippen LogP contribution in [0.15, 0.2) is 48.5 Å². The second-order valence-electron chi connectivity index (χ2n) is 6.65. The first kappa shape index (κ1) is 19.0. The molecular formula is C23H24O4. The average molecular weight is 364 g/mol. The molecule has 0 bridgehead atoms. The van der Waals surface area contributed by atoms with Gasteiger partial charge in [-0.05, 0) is 73.6 Å². The van der Waals surface area contributed by atoms with Gasteiger partial charge in [-0.15, -0.1) is 0 Å². The molecule has 2 aromatic carbocycles. The SMILES string of the molecule is COc1ccc(OC(=O)C#Cc2ccc(C3CCC(OC)CC3)cc2)cc1. The molecule has 0 amide bonds. The maximum atomic E-state index is 11.9. The van der Waals surface area contributed by atoms with Crippen LogP contribution in [0, 0.1) is 11.8 Å². The minimum absolute atomic E-state index is 0.406. The van der Waals surface area contributed by atoms with Crippen LogP contribution in [0.25, 0.3) is 0 Å². The second kappa shape index (κ2) is 9.25. The Kier molecular flexibility index (Phi) is 6.51.